The van der Waals surface area contributed by atoms with E-state index >= 15 is 0 Å². The first-order valence-corrected chi connectivity index (χ1v) is 5.62. The van der Waals surface area contributed by atoms with Gasteiger partial charge in [0.15, 0.2) is 0 Å². The topological polar surface area (TPSA) is 35.2 Å². The quantitative estimate of drug-likeness (QED) is 0.918. The van der Waals surface area contributed by atoms with Crippen LogP contribution in [0.1, 0.15) is 37.9 Å². The van der Waals surface area contributed by atoms with Gasteiger partial charge in [0.25, 0.3) is 0 Å². The molecule has 0 spiro atoms. The van der Waals surface area contributed by atoms with Crippen molar-refractivity contribution in [1.82, 2.24) is 0 Å². The molecule has 19 heavy (non-hydrogen) atoms. The smallest absolute Gasteiger partial charge is 0.303 e. The fourth-order valence-corrected chi connectivity index (χ4v) is 1.60. The molecule has 0 saturated carbocycles. The van der Waals surface area contributed by atoms with Gasteiger partial charge < -0.3 is 10.5 Å². The molecule has 0 unspecified atom stereocenters. The number of methoxy groups -OCH3 is 1. The van der Waals surface area contributed by atoms with Crippen LogP contribution in [0.5, 0.6) is 0 Å². The molecule has 1 aromatic carbocycles. The van der Waals surface area contributed by atoms with Gasteiger partial charge in [-0.05, 0) is 26.8 Å². The Morgan fingerprint density at radius 2 is 1.79 bits per heavy atom. The Morgan fingerprint density at radius 3 is 2.21 bits per heavy atom. The lowest BCUT2D eigenvalue weighted by atomic mass is 9.90. The fraction of sp³-hybridized carbons (Fsp3) is 0.538. The van der Waals surface area contributed by atoms with E-state index in [0.29, 0.717) is 0 Å². The third kappa shape index (κ3) is 3.22. The highest BCUT2D eigenvalue weighted by atomic mass is 35.5. The zero-order valence-electron chi connectivity index (χ0n) is 11.3. The lowest BCUT2D eigenvalue weighted by molar-refractivity contribution is -0.186. The number of rotatable bonds is 4. The molecular weight excluding hydrogens is 279 g/mol. The minimum atomic E-state index is -3.45. The van der Waals surface area contributed by atoms with Gasteiger partial charge in [-0.1, -0.05) is 12.1 Å². The van der Waals surface area contributed by atoms with Gasteiger partial charge in [-0.3, -0.25) is 0 Å². The average Bonchev–Trinajstić information content (AvgIpc) is 2.28. The Bertz CT molecular complexity index is 436. The molecule has 0 amide bonds. The summed E-state index contributed by atoms with van der Waals surface area (Å²) in [5, 5.41) is 0. The van der Waals surface area contributed by atoms with Crippen molar-refractivity contribution in [3.8, 4) is 0 Å². The Kier molecular flexibility index (Phi) is 5.86. The molecule has 1 atom stereocenters. The molecule has 0 saturated heterocycles. The van der Waals surface area contributed by atoms with Crippen LogP contribution in [0.3, 0.4) is 0 Å². The molecule has 0 heterocycles. The Labute approximate surface area is 117 Å². The molecule has 0 aromatic heterocycles. The molecule has 0 aliphatic rings. The number of alkyl halides is 2. The summed E-state index contributed by atoms with van der Waals surface area (Å²) in [4.78, 5) is 0. The van der Waals surface area contributed by atoms with Crippen LogP contribution < -0.4 is 5.73 Å². The summed E-state index contributed by atoms with van der Waals surface area (Å²) in [6, 6.07) is 3.18. The molecule has 0 bridgehead atoms. The van der Waals surface area contributed by atoms with E-state index in [9.17, 15) is 13.2 Å². The van der Waals surface area contributed by atoms with E-state index in [1.54, 1.807) is 6.92 Å². The highest BCUT2D eigenvalue weighted by molar-refractivity contribution is 5.85. The lowest BCUT2D eigenvalue weighted by Gasteiger charge is -2.33. The van der Waals surface area contributed by atoms with Crippen LogP contribution in [0.15, 0.2) is 18.2 Å². The third-order valence-electron chi connectivity index (χ3n) is 3.12. The fourth-order valence-electron chi connectivity index (χ4n) is 1.60. The standard InChI is InChI=1S/C13H18F3NO.ClH/c1-8(17)9-6-5-7-10(11(9)14)13(15,16)12(2,3)18-4;/h5-8H,17H2,1-4H3;1H/t8-;/m1./s1. The van der Waals surface area contributed by atoms with Crippen molar-refractivity contribution in [2.45, 2.75) is 38.3 Å². The van der Waals surface area contributed by atoms with Gasteiger partial charge in [0.05, 0.1) is 5.56 Å². The molecule has 6 heteroatoms. The van der Waals surface area contributed by atoms with Gasteiger partial charge in [-0.25, -0.2) is 4.39 Å². The summed E-state index contributed by atoms with van der Waals surface area (Å²) in [7, 11) is 1.17. The molecule has 0 radical (unpaired) electrons. The zero-order valence-corrected chi connectivity index (χ0v) is 12.2. The van der Waals surface area contributed by atoms with E-state index < -0.39 is 28.9 Å². The maximum atomic E-state index is 14.2. The van der Waals surface area contributed by atoms with Crippen LogP contribution in [0.2, 0.25) is 0 Å². The number of halogens is 4. The minimum absolute atomic E-state index is 0. The van der Waals surface area contributed by atoms with Gasteiger partial charge in [0, 0.05) is 18.7 Å². The summed E-state index contributed by atoms with van der Waals surface area (Å²) in [5.74, 6) is -4.42. The molecule has 110 valence electrons. The van der Waals surface area contributed by atoms with Gasteiger partial charge in [0.2, 0.25) is 0 Å². The number of hydrogen-bond donors (Lipinski definition) is 1. The van der Waals surface area contributed by atoms with E-state index in [4.69, 9.17) is 10.5 Å². The summed E-state index contributed by atoms with van der Waals surface area (Å²) in [6.45, 7) is 3.97. The number of benzene rings is 1. The van der Waals surface area contributed by atoms with Crippen LogP contribution in [0, 0.1) is 5.82 Å². The van der Waals surface area contributed by atoms with Gasteiger partial charge >= 0.3 is 5.92 Å². The second-order valence-corrected chi connectivity index (χ2v) is 4.79. The first-order chi connectivity index (χ1) is 8.15. The highest BCUT2D eigenvalue weighted by Gasteiger charge is 2.50. The van der Waals surface area contributed by atoms with Crippen molar-refractivity contribution >= 4 is 12.4 Å². The van der Waals surface area contributed by atoms with Crippen LogP contribution in [0.4, 0.5) is 13.2 Å². The first-order valence-electron chi connectivity index (χ1n) is 5.62. The second-order valence-electron chi connectivity index (χ2n) is 4.79. The van der Waals surface area contributed by atoms with E-state index in [0.717, 1.165) is 6.07 Å². The van der Waals surface area contributed by atoms with Gasteiger partial charge in [-0.2, -0.15) is 8.78 Å². The number of nitrogens with two attached hydrogens (primary N) is 1. The van der Waals surface area contributed by atoms with E-state index in [1.807, 2.05) is 0 Å². The van der Waals surface area contributed by atoms with E-state index in [2.05, 4.69) is 0 Å². The monoisotopic (exact) mass is 297 g/mol. The van der Waals surface area contributed by atoms with Crippen LogP contribution in [-0.2, 0) is 10.7 Å². The Hall–Kier alpha value is -0.780. The van der Waals surface area contributed by atoms with E-state index in [-0.39, 0.29) is 18.0 Å². The largest absolute Gasteiger partial charge is 0.372 e. The average molecular weight is 298 g/mol. The van der Waals surface area contributed by atoms with Crippen molar-refractivity contribution in [3.05, 3.63) is 35.1 Å². The molecule has 1 rings (SSSR count). The van der Waals surface area contributed by atoms with Crippen LogP contribution in [-0.4, -0.2) is 12.7 Å². The van der Waals surface area contributed by atoms with Crippen LogP contribution in [0.25, 0.3) is 0 Å². The number of hydrogen-bond acceptors (Lipinski definition) is 2. The minimum Gasteiger partial charge on any atom is -0.372 e. The van der Waals surface area contributed by atoms with Crippen molar-refractivity contribution in [3.63, 3.8) is 0 Å². The summed E-state index contributed by atoms with van der Waals surface area (Å²) < 4.78 is 47.3. The lowest BCUT2D eigenvalue weighted by Crippen LogP contribution is -2.43. The number of ether oxygens (including phenoxy) is 1. The van der Waals surface area contributed by atoms with Crippen molar-refractivity contribution in [1.29, 1.82) is 0 Å². The SMILES string of the molecule is COC(C)(C)C(F)(F)c1cccc([C@@H](C)N)c1F.Cl. The normalized spacial score (nSPS) is 13.9. The first kappa shape index (κ1) is 18.2. The van der Waals surface area contributed by atoms with Crippen molar-refractivity contribution < 1.29 is 17.9 Å². The summed E-state index contributed by atoms with van der Waals surface area (Å²) in [5.41, 5.74) is 3.13. The molecule has 2 nitrogen and oxygen atoms in total. The Balaban J connectivity index is 0.00000324. The molecule has 0 aliphatic carbocycles. The zero-order chi connectivity index (χ0) is 14.1. The maximum Gasteiger partial charge on any atom is 0.303 e. The molecule has 1 aromatic rings. The van der Waals surface area contributed by atoms with Gasteiger partial charge in [0.1, 0.15) is 11.4 Å². The highest BCUT2D eigenvalue weighted by Crippen LogP contribution is 2.42. The predicted octanol–water partition coefficient (Wildman–Crippen LogP) is 3.78. The summed E-state index contributed by atoms with van der Waals surface area (Å²) in [6.07, 6.45) is 0. The van der Waals surface area contributed by atoms with Gasteiger partial charge in [-0.15, -0.1) is 12.4 Å². The third-order valence-corrected chi connectivity index (χ3v) is 3.12. The summed E-state index contributed by atoms with van der Waals surface area (Å²) >= 11 is 0. The molecule has 2 N–H and O–H groups in total. The molecular formula is C13H19ClF3NO. The molecule has 0 aliphatic heterocycles. The predicted molar refractivity (Wildman–Crippen MR) is 71.2 cm³/mol. The maximum absolute atomic E-state index is 14.2. The van der Waals surface area contributed by atoms with Crippen LogP contribution >= 0.6 is 12.4 Å². The second kappa shape index (κ2) is 6.11. The van der Waals surface area contributed by atoms with Crippen molar-refractivity contribution in [2.24, 2.45) is 5.73 Å². The Morgan fingerprint density at radius 1 is 1.26 bits per heavy atom. The molecule has 0 fully saturated rings. The van der Waals surface area contributed by atoms with E-state index in [1.165, 1.54) is 33.1 Å². The van der Waals surface area contributed by atoms with Crippen molar-refractivity contribution in [2.75, 3.05) is 7.11 Å².